The predicted molar refractivity (Wildman–Crippen MR) is 76.4 cm³/mol. The number of anilines is 1. The van der Waals surface area contributed by atoms with Gasteiger partial charge in [0.2, 0.25) is 0 Å². The summed E-state index contributed by atoms with van der Waals surface area (Å²) in [4.78, 5) is 24.6. The predicted octanol–water partition coefficient (Wildman–Crippen LogP) is 2.27. The quantitative estimate of drug-likeness (QED) is 0.752. The van der Waals surface area contributed by atoms with Gasteiger partial charge in [0.05, 0.1) is 17.9 Å². The molecule has 2 amide bonds. The lowest BCUT2D eigenvalue weighted by molar-refractivity contribution is 0.0698. The molecule has 0 unspecified atom stereocenters. The smallest absolute Gasteiger partial charge is 0.337 e. The molecule has 0 aliphatic carbocycles. The molecule has 0 aliphatic rings. The van der Waals surface area contributed by atoms with E-state index in [2.05, 4.69) is 5.32 Å². The van der Waals surface area contributed by atoms with Gasteiger partial charge in [0.1, 0.15) is 0 Å². The van der Waals surface area contributed by atoms with Crippen LogP contribution in [0.1, 0.15) is 23.7 Å². The Morgan fingerprint density at radius 2 is 2.05 bits per heavy atom. The van der Waals surface area contributed by atoms with Gasteiger partial charge in [0, 0.05) is 18.1 Å². The molecule has 0 radical (unpaired) electrons. The second-order valence-electron chi connectivity index (χ2n) is 4.14. The minimum absolute atomic E-state index is 0.0775. The molecular formula is C13H17ClN2O4. The van der Waals surface area contributed by atoms with Gasteiger partial charge in [-0.3, -0.25) is 0 Å². The van der Waals surface area contributed by atoms with Crippen molar-refractivity contribution in [1.82, 2.24) is 4.90 Å². The molecule has 1 aromatic carbocycles. The van der Waals surface area contributed by atoms with Crippen LogP contribution in [0.5, 0.6) is 0 Å². The van der Waals surface area contributed by atoms with Crippen molar-refractivity contribution < 1.29 is 19.8 Å². The standard InChI is InChI=1S/C13H17ClN2O4/c1-2-5-16(6-7-17)13(20)15-11-4-3-9(14)8-10(11)12(18)19/h3-4,8,17H,2,5-7H2,1H3,(H,15,20)(H,18,19). The number of carboxylic acid groups (broad SMARTS) is 1. The topological polar surface area (TPSA) is 89.9 Å². The van der Waals surface area contributed by atoms with E-state index in [1.807, 2.05) is 6.92 Å². The van der Waals surface area contributed by atoms with Crippen molar-refractivity contribution >= 4 is 29.3 Å². The number of hydrogen-bond acceptors (Lipinski definition) is 3. The Morgan fingerprint density at radius 3 is 2.60 bits per heavy atom. The van der Waals surface area contributed by atoms with Crippen molar-refractivity contribution in [3.05, 3.63) is 28.8 Å². The normalized spacial score (nSPS) is 10.2. The summed E-state index contributed by atoms with van der Waals surface area (Å²) < 4.78 is 0. The van der Waals surface area contributed by atoms with Gasteiger partial charge in [0.15, 0.2) is 0 Å². The number of carbonyl (C=O) groups is 2. The van der Waals surface area contributed by atoms with E-state index >= 15 is 0 Å². The number of urea groups is 1. The summed E-state index contributed by atoms with van der Waals surface area (Å²) in [5.41, 5.74) is 0.0947. The average molecular weight is 301 g/mol. The van der Waals surface area contributed by atoms with Gasteiger partial charge in [-0.25, -0.2) is 9.59 Å². The van der Waals surface area contributed by atoms with Crippen molar-refractivity contribution in [3.63, 3.8) is 0 Å². The lowest BCUT2D eigenvalue weighted by Crippen LogP contribution is -2.37. The van der Waals surface area contributed by atoms with Gasteiger partial charge in [-0.05, 0) is 24.6 Å². The van der Waals surface area contributed by atoms with E-state index in [0.29, 0.717) is 6.54 Å². The van der Waals surface area contributed by atoms with Crippen LogP contribution in [-0.4, -0.2) is 46.8 Å². The highest BCUT2D eigenvalue weighted by molar-refractivity contribution is 6.31. The zero-order chi connectivity index (χ0) is 15.1. The second kappa shape index (κ2) is 7.72. The Hall–Kier alpha value is -1.79. The van der Waals surface area contributed by atoms with E-state index in [1.54, 1.807) is 0 Å². The number of carboxylic acids is 1. The van der Waals surface area contributed by atoms with Gasteiger partial charge >= 0.3 is 12.0 Å². The van der Waals surface area contributed by atoms with Crippen LogP contribution >= 0.6 is 11.6 Å². The molecular weight excluding hydrogens is 284 g/mol. The Morgan fingerprint density at radius 1 is 1.35 bits per heavy atom. The van der Waals surface area contributed by atoms with E-state index in [9.17, 15) is 9.59 Å². The van der Waals surface area contributed by atoms with Gasteiger partial charge in [-0.1, -0.05) is 18.5 Å². The van der Waals surface area contributed by atoms with E-state index in [1.165, 1.54) is 23.1 Å². The number of carbonyl (C=O) groups excluding carboxylic acids is 1. The minimum Gasteiger partial charge on any atom is -0.478 e. The number of aliphatic hydroxyl groups is 1. The zero-order valence-electron chi connectivity index (χ0n) is 11.1. The first-order chi connectivity index (χ1) is 9.49. The maximum Gasteiger partial charge on any atom is 0.337 e. The number of aromatic carboxylic acids is 1. The molecule has 0 fully saturated rings. The Kier molecular flexibility index (Phi) is 6.27. The largest absolute Gasteiger partial charge is 0.478 e. The van der Waals surface area contributed by atoms with E-state index in [4.69, 9.17) is 21.8 Å². The summed E-state index contributed by atoms with van der Waals surface area (Å²) in [7, 11) is 0. The fourth-order valence-electron chi connectivity index (χ4n) is 1.70. The molecule has 0 saturated carbocycles. The molecule has 0 aliphatic heterocycles. The molecule has 0 bridgehead atoms. The van der Waals surface area contributed by atoms with Gasteiger partial charge < -0.3 is 20.4 Å². The van der Waals surface area contributed by atoms with Crippen molar-refractivity contribution in [2.45, 2.75) is 13.3 Å². The Labute approximate surface area is 122 Å². The highest BCUT2D eigenvalue weighted by Gasteiger charge is 2.16. The monoisotopic (exact) mass is 300 g/mol. The molecule has 20 heavy (non-hydrogen) atoms. The van der Waals surface area contributed by atoms with E-state index < -0.39 is 12.0 Å². The first kappa shape index (κ1) is 16.3. The maximum atomic E-state index is 12.0. The summed E-state index contributed by atoms with van der Waals surface area (Å²) >= 11 is 5.74. The zero-order valence-corrected chi connectivity index (χ0v) is 11.9. The SMILES string of the molecule is CCCN(CCO)C(=O)Nc1ccc(Cl)cc1C(=O)O. The lowest BCUT2D eigenvalue weighted by Gasteiger charge is -2.22. The summed E-state index contributed by atoms with van der Waals surface area (Å²) in [6.07, 6.45) is 0.736. The number of aliphatic hydroxyl groups excluding tert-OH is 1. The van der Waals surface area contributed by atoms with Crippen LogP contribution in [0.4, 0.5) is 10.5 Å². The summed E-state index contributed by atoms with van der Waals surface area (Å²) in [5, 5.41) is 20.8. The molecule has 3 N–H and O–H groups in total. The third kappa shape index (κ3) is 4.40. The first-order valence-corrected chi connectivity index (χ1v) is 6.57. The summed E-state index contributed by atoms with van der Waals surface area (Å²) in [5.74, 6) is -1.17. The second-order valence-corrected chi connectivity index (χ2v) is 4.57. The molecule has 1 rings (SSSR count). The van der Waals surface area contributed by atoms with Crippen LogP contribution in [-0.2, 0) is 0 Å². The minimum atomic E-state index is -1.17. The van der Waals surface area contributed by atoms with Crippen LogP contribution in [0.25, 0.3) is 0 Å². The van der Waals surface area contributed by atoms with Crippen LogP contribution in [0.3, 0.4) is 0 Å². The number of hydrogen-bond donors (Lipinski definition) is 3. The van der Waals surface area contributed by atoms with Crippen molar-refractivity contribution in [1.29, 1.82) is 0 Å². The molecule has 7 heteroatoms. The number of nitrogens with one attached hydrogen (secondary N) is 1. The van der Waals surface area contributed by atoms with Gasteiger partial charge in [-0.15, -0.1) is 0 Å². The van der Waals surface area contributed by atoms with Crippen LogP contribution in [0.15, 0.2) is 18.2 Å². The molecule has 6 nitrogen and oxygen atoms in total. The van der Waals surface area contributed by atoms with Crippen molar-refractivity contribution in [3.8, 4) is 0 Å². The van der Waals surface area contributed by atoms with Crippen LogP contribution in [0, 0.1) is 0 Å². The van der Waals surface area contributed by atoms with Crippen molar-refractivity contribution in [2.24, 2.45) is 0 Å². The molecule has 0 aromatic heterocycles. The average Bonchev–Trinajstić information content (AvgIpc) is 2.40. The van der Waals surface area contributed by atoms with Crippen LogP contribution in [0.2, 0.25) is 5.02 Å². The van der Waals surface area contributed by atoms with E-state index in [-0.39, 0.29) is 29.4 Å². The first-order valence-electron chi connectivity index (χ1n) is 6.19. The fraction of sp³-hybridized carbons (Fsp3) is 0.385. The van der Waals surface area contributed by atoms with E-state index in [0.717, 1.165) is 6.42 Å². The third-order valence-corrected chi connectivity index (χ3v) is 2.84. The summed E-state index contributed by atoms with van der Waals surface area (Å²) in [6.45, 7) is 2.42. The Balaban J connectivity index is 2.91. The fourth-order valence-corrected chi connectivity index (χ4v) is 1.87. The number of amides is 2. The van der Waals surface area contributed by atoms with Crippen LogP contribution < -0.4 is 5.32 Å². The molecule has 110 valence electrons. The molecule has 1 aromatic rings. The maximum absolute atomic E-state index is 12.0. The van der Waals surface area contributed by atoms with Gasteiger partial charge in [0.25, 0.3) is 0 Å². The summed E-state index contributed by atoms with van der Waals surface area (Å²) in [6, 6.07) is 3.76. The van der Waals surface area contributed by atoms with Gasteiger partial charge in [-0.2, -0.15) is 0 Å². The number of benzene rings is 1. The number of rotatable bonds is 6. The molecule has 0 saturated heterocycles. The molecule has 0 heterocycles. The molecule has 0 spiro atoms. The highest BCUT2D eigenvalue weighted by Crippen LogP contribution is 2.21. The number of nitrogens with zero attached hydrogens (tertiary/aromatic N) is 1. The lowest BCUT2D eigenvalue weighted by atomic mass is 10.2. The number of halogens is 1. The molecule has 0 atom stereocenters. The third-order valence-electron chi connectivity index (χ3n) is 2.60. The van der Waals surface area contributed by atoms with Crippen molar-refractivity contribution in [2.75, 3.05) is 25.0 Å². The highest BCUT2D eigenvalue weighted by atomic mass is 35.5. The Bertz CT molecular complexity index is 487.